The third-order valence-electron chi connectivity index (χ3n) is 7.48. The Bertz CT molecular complexity index is 1310. The highest BCUT2D eigenvalue weighted by molar-refractivity contribution is 7.09. The molecule has 8 heteroatoms. The average Bonchev–Trinajstić information content (AvgIpc) is 3.47. The van der Waals surface area contributed by atoms with Crippen molar-refractivity contribution in [2.24, 2.45) is 11.8 Å². The summed E-state index contributed by atoms with van der Waals surface area (Å²) in [6.07, 6.45) is 4.99. The molecule has 0 saturated heterocycles. The van der Waals surface area contributed by atoms with Gasteiger partial charge in [-0.1, -0.05) is 120 Å². The predicted molar refractivity (Wildman–Crippen MR) is 180 cm³/mol. The van der Waals surface area contributed by atoms with Gasteiger partial charge >= 0.3 is 6.09 Å². The van der Waals surface area contributed by atoms with E-state index in [9.17, 15) is 9.90 Å². The van der Waals surface area contributed by atoms with E-state index in [4.69, 9.17) is 9.16 Å². The molecule has 6 nitrogen and oxygen atoms in total. The molecule has 3 aromatic rings. The van der Waals surface area contributed by atoms with Crippen molar-refractivity contribution >= 4 is 36.1 Å². The molecule has 0 aliphatic carbocycles. The molecule has 3 rings (SSSR count). The lowest BCUT2D eigenvalue weighted by Crippen LogP contribution is -2.66. The van der Waals surface area contributed by atoms with Crippen molar-refractivity contribution in [3.05, 3.63) is 101 Å². The minimum Gasteiger partial charge on any atom is -0.439 e. The molecule has 232 valence electrons. The Kier molecular flexibility index (Phi) is 12.5. The average molecular weight is 621 g/mol. The van der Waals surface area contributed by atoms with Crippen LogP contribution in [-0.2, 0) is 9.16 Å². The summed E-state index contributed by atoms with van der Waals surface area (Å²) in [6, 6.07) is 21.3. The van der Waals surface area contributed by atoms with Crippen LogP contribution in [0.25, 0.3) is 0 Å². The Labute approximate surface area is 263 Å². The van der Waals surface area contributed by atoms with E-state index in [0.717, 1.165) is 5.57 Å². The Morgan fingerprint density at radius 3 is 2.14 bits per heavy atom. The van der Waals surface area contributed by atoms with Gasteiger partial charge < -0.3 is 19.6 Å². The van der Waals surface area contributed by atoms with Crippen LogP contribution < -0.4 is 15.7 Å². The number of hydrogen-bond donors (Lipinski definition) is 2. The summed E-state index contributed by atoms with van der Waals surface area (Å²) in [7, 11) is -1.07. The van der Waals surface area contributed by atoms with E-state index >= 15 is 0 Å². The minimum absolute atomic E-state index is 0.0869. The lowest BCUT2D eigenvalue weighted by atomic mass is 10.0. The fourth-order valence-corrected chi connectivity index (χ4v) is 10.7. The number of rotatable bonds is 13. The van der Waals surface area contributed by atoms with Crippen LogP contribution in [0.1, 0.15) is 77.8 Å². The number of thiazole rings is 1. The van der Waals surface area contributed by atoms with Crippen LogP contribution in [0.3, 0.4) is 0 Å². The number of ether oxygens (including phenoxy) is 1. The molecule has 43 heavy (non-hydrogen) atoms. The van der Waals surface area contributed by atoms with Crippen molar-refractivity contribution in [3.63, 3.8) is 0 Å². The van der Waals surface area contributed by atoms with Crippen molar-refractivity contribution < 1.29 is 19.1 Å². The van der Waals surface area contributed by atoms with E-state index in [0.29, 0.717) is 29.6 Å². The van der Waals surface area contributed by atoms with Gasteiger partial charge in [0.15, 0.2) is 6.10 Å². The number of alkyl carbamates (subject to hydrolysis) is 1. The highest BCUT2D eigenvalue weighted by atomic mass is 32.1. The molecule has 0 radical (unpaired) electrons. The minimum atomic E-state index is -2.61. The number of aromatic nitrogens is 1. The Morgan fingerprint density at radius 1 is 1.05 bits per heavy atom. The highest BCUT2D eigenvalue weighted by Crippen LogP contribution is 2.37. The van der Waals surface area contributed by atoms with E-state index in [1.54, 1.807) is 0 Å². The maximum Gasteiger partial charge on any atom is 0.407 e. The fourth-order valence-electron chi connectivity index (χ4n) is 5.20. The summed E-state index contributed by atoms with van der Waals surface area (Å²) < 4.78 is 12.6. The first kappa shape index (κ1) is 34.4. The van der Waals surface area contributed by atoms with Crippen LogP contribution in [-0.4, -0.2) is 38.2 Å². The second kappa shape index (κ2) is 15.6. The summed E-state index contributed by atoms with van der Waals surface area (Å²) in [5, 5.41) is 18.5. The Hall–Kier alpha value is -3.04. The third-order valence-corrected chi connectivity index (χ3v) is 13.4. The van der Waals surface area contributed by atoms with Gasteiger partial charge in [0.1, 0.15) is 11.1 Å². The van der Waals surface area contributed by atoms with Crippen molar-refractivity contribution in [3.8, 4) is 0 Å². The quantitative estimate of drug-likeness (QED) is 0.154. The molecule has 1 heterocycles. The third kappa shape index (κ3) is 8.98. The maximum atomic E-state index is 11.9. The van der Waals surface area contributed by atoms with Crippen molar-refractivity contribution in [2.45, 2.75) is 72.1 Å². The standard InChI is InChI=1S/C35H48N2O4SSi/c1-25(2)22-31(41-34(39)36-8)33-37-30(24-42-33)32(38)27(4)17-15-16-26(3)23-40-43(35(5,6)7,28-18-11-9-12-19-28)29-20-13-10-14-21-29/h9-21,24-25,27,31-32,38H,22-23H2,1-8H3,(H,36,39)/b17-15+,26-16+/t27-,31-,32-/m0/s1. The zero-order chi connectivity index (χ0) is 31.6. The first-order valence-corrected chi connectivity index (χ1v) is 17.8. The second-order valence-electron chi connectivity index (χ2n) is 12.5. The van der Waals surface area contributed by atoms with Crippen LogP contribution in [0.4, 0.5) is 4.79 Å². The SMILES string of the molecule is CNC(=O)O[C@@H](CC(C)C)c1nc([C@@H](O)[C@@H](C)/C=C/C=C(\C)CO[Si](c2ccccc2)(c2ccccc2)C(C)(C)C)cs1. The topological polar surface area (TPSA) is 80.7 Å². The molecule has 0 saturated carbocycles. The number of carbonyl (C=O) groups is 1. The largest absolute Gasteiger partial charge is 0.439 e. The molecule has 0 aliphatic rings. The van der Waals surface area contributed by atoms with Crippen LogP contribution in [0.15, 0.2) is 89.8 Å². The van der Waals surface area contributed by atoms with Crippen LogP contribution >= 0.6 is 11.3 Å². The molecule has 0 aliphatic heterocycles. The first-order chi connectivity index (χ1) is 20.4. The van der Waals surface area contributed by atoms with E-state index in [-0.39, 0.29) is 11.0 Å². The van der Waals surface area contributed by atoms with E-state index < -0.39 is 26.6 Å². The number of nitrogens with zero attached hydrogens (tertiary/aromatic N) is 1. The molecule has 2 N–H and O–H groups in total. The number of hydrogen-bond acceptors (Lipinski definition) is 6. The smallest absolute Gasteiger partial charge is 0.407 e. The second-order valence-corrected chi connectivity index (χ2v) is 17.7. The van der Waals surface area contributed by atoms with Gasteiger partial charge in [0.2, 0.25) is 0 Å². The van der Waals surface area contributed by atoms with Gasteiger partial charge in [-0.05, 0) is 40.2 Å². The van der Waals surface area contributed by atoms with E-state index in [1.165, 1.54) is 28.8 Å². The normalized spacial score (nSPS) is 15.0. The molecule has 2 aromatic carbocycles. The first-order valence-electron chi connectivity index (χ1n) is 15.0. The molecule has 0 fully saturated rings. The molecule has 3 atom stereocenters. The monoisotopic (exact) mass is 620 g/mol. The lowest BCUT2D eigenvalue weighted by molar-refractivity contribution is 0.0858. The predicted octanol–water partition coefficient (Wildman–Crippen LogP) is 7.33. The van der Waals surface area contributed by atoms with Crippen molar-refractivity contribution in [2.75, 3.05) is 13.7 Å². The van der Waals surface area contributed by atoms with Crippen LogP contribution in [0, 0.1) is 11.8 Å². The molecule has 0 bridgehead atoms. The number of aliphatic hydroxyl groups is 1. The number of aliphatic hydroxyl groups excluding tert-OH is 1. The molecule has 1 amide bonds. The van der Waals surface area contributed by atoms with Crippen LogP contribution in [0.5, 0.6) is 0 Å². The zero-order valence-corrected chi connectivity index (χ0v) is 28.7. The number of amides is 1. The lowest BCUT2D eigenvalue weighted by Gasteiger charge is -2.43. The van der Waals surface area contributed by atoms with Crippen molar-refractivity contribution in [1.29, 1.82) is 0 Å². The highest BCUT2D eigenvalue weighted by Gasteiger charge is 2.50. The number of allylic oxidation sites excluding steroid dienone is 2. The summed E-state index contributed by atoms with van der Waals surface area (Å²) in [4.78, 5) is 16.5. The molecule has 1 aromatic heterocycles. The summed E-state index contributed by atoms with van der Waals surface area (Å²) >= 11 is 1.41. The Morgan fingerprint density at radius 2 is 1.63 bits per heavy atom. The van der Waals surface area contributed by atoms with Gasteiger partial charge in [-0.15, -0.1) is 11.3 Å². The van der Waals surface area contributed by atoms with Gasteiger partial charge in [0.05, 0.1) is 12.3 Å². The molecule has 0 spiro atoms. The summed E-state index contributed by atoms with van der Waals surface area (Å²) in [5.41, 5.74) is 1.69. The van der Waals surface area contributed by atoms with E-state index in [1.807, 2.05) is 24.5 Å². The zero-order valence-electron chi connectivity index (χ0n) is 26.8. The van der Waals surface area contributed by atoms with Gasteiger partial charge in [-0.2, -0.15) is 0 Å². The van der Waals surface area contributed by atoms with Gasteiger partial charge in [0, 0.05) is 18.3 Å². The van der Waals surface area contributed by atoms with Crippen molar-refractivity contribution in [1.82, 2.24) is 10.3 Å². The van der Waals surface area contributed by atoms with Gasteiger partial charge in [-0.25, -0.2) is 9.78 Å². The molecular weight excluding hydrogens is 573 g/mol. The fraction of sp³-hybridized carbons (Fsp3) is 0.429. The Balaban J connectivity index is 1.74. The summed E-state index contributed by atoms with van der Waals surface area (Å²) in [6.45, 7) is 15.5. The number of benzene rings is 2. The van der Waals surface area contributed by atoms with E-state index in [2.05, 4.69) is 119 Å². The summed E-state index contributed by atoms with van der Waals surface area (Å²) in [5.74, 6) is 0.157. The number of nitrogens with one attached hydrogen (secondary N) is 1. The number of carbonyl (C=O) groups excluding carboxylic acids is 1. The van der Waals surface area contributed by atoms with Crippen LogP contribution in [0.2, 0.25) is 5.04 Å². The van der Waals surface area contributed by atoms with Gasteiger partial charge in [-0.3, -0.25) is 0 Å². The van der Waals surface area contributed by atoms with Gasteiger partial charge in [0.25, 0.3) is 8.32 Å². The molecule has 0 unspecified atom stereocenters. The maximum absolute atomic E-state index is 11.9. The molecular formula is C35H48N2O4SSi.